The number of rotatable bonds is 7. The number of hydrogen-bond donors (Lipinski definition) is 2. The molecule has 12 heteroatoms. The highest BCUT2D eigenvalue weighted by Gasteiger charge is 2.39. The average Bonchev–Trinajstić information content (AvgIpc) is 3.10. The molecule has 0 aromatic heterocycles. The Hall–Kier alpha value is -1.60. The zero-order chi connectivity index (χ0) is 20.5. The van der Waals surface area contributed by atoms with E-state index in [1.807, 2.05) is 29.2 Å². The number of anilines is 1. The molecule has 1 saturated heterocycles. The Morgan fingerprint density at radius 2 is 1.86 bits per heavy atom. The highest BCUT2D eigenvalue weighted by atomic mass is 32.2. The summed E-state index contributed by atoms with van der Waals surface area (Å²) in [5, 5.41) is 9.65. The molecular formula is C16H16N2O6S4. The zero-order valence-corrected chi connectivity index (χ0v) is 17.7. The van der Waals surface area contributed by atoms with E-state index in [1.165, 1.54) is 11.8 Å². The zero-order valence-electron chi connectivity index (χ0n) is 14.4. The van der Waals surface area contributed by atoms with Gasteiger partial charge in [0.05, 0.1) is 11.4 Å². The van der Waals surface area contributed by atoms with Crippen LogP contribution in [0, 0.1) is 0 Å². The maximum absolute atomic E-state index is 12.7. The van der Waals surface area contributed by atoms with Crippen LogP contribution in [0.15, 0.2) is 39.1 Å². The molecule has 2 aliphatic heterocycles. The number of fused-ring (bicyclic) bond motifs is 1. The van der Waals surface area contributed by atoms with Crippen molar-refractivity contribution < 1.29 is 27.7 Å². The summed E-state index contributed by atoms with van der Waals surface area (Å²) in [5.41, 5.74) is 0.887. The Morgan fingerprint density at radius 3 is 2.54 bits per heavy atom. The van der Waals surface area contributed by atoms with Crippen molar-refractivity contribution in [3.63, 3.8) is 0 Å². The van der Waals surface area contributed by atoms with Gasteiger partial charge >= 0.3 is 5.97 Å². The SMILES string of the molecule is O=C(O)CN1C(=O)/C(=C2/Sc3ccccc3N2CCCCS(=O)(=O)O)SC1=S. The summed E-state index contributed by atoms with van der Waals surface area (Å²) < 4.78 is 30.9. The van der Waals surface area contributed by atoms with Crippen molar-refractivity contribution in [3.8, 4) is 0 Å². The summed E-state index contributed by atoms with van der Waals surface area (Å²) in [6.45, 7) is -0.0503. The lowest BCUT2D eigenvalue weighted by atomic mass is 10.2. The third-order valence-corrected chi connectivity index (χ3v) is 7.53. The molecule has 0 bridgehead atoms. The van der Waals surface area contributed by atoms with Crippen LogP contribution < -0.4 is 4.90 Å². The number of nitrogens with zero attached hydrogens (tertiary/aromatic N) is 2. The molecule has 28 heavy (non-hydrogen) atoms. The number of aliphatic carboxylic acids is 1. The molecule has 0 radical (unpaired) electrons. The second kappa shape index (κ2) is 8.41. The third kappa shape index (κ3) is 4.69. The number of para-hydroxylation sites is 1. The van der Waals surface area contributed by atoms with Crippen LogP contribution in [0.25, 0.3) is 0 Å². The predicted octanol–water partition coefficient (Wildman–Crippen LogP) is 2.38. The number of hydrogen-bond acceptors (Lipinski definition) is 8. The van der Waals surface area contributed by atoms with E-state index in [0.29, 0.717) is 22.9 Å². The van der Waals surface area contributed by atoms with Crippen molar-refractivity contribution in [1.82, 2.24) is 4.90 Å². The molecule has 2 aliphatic rings. The molecule has 0 spiro atoms. The second-order valence-electron chi connectivity index (χ2n) is 6.00. The van der Waals surface area contributed by atoms with Crippen molar-refractivity contribution in [2.75, 3.05) is 23.7 Å². The first kappa shape index (κ1) is 21.1. The lowest BCUT2D eigenvalue weighted by Gasteiger charge is -2.21. The summed E-state index contributed by atoms with van der Waals surface area (Å²) in [7, 11) is -4.02. The van der Waals surface area contributed by atoms with Crippen LogP contribution in [-0.2, 0) is 19.7 Å². The fourth-order valence-corrected chi connectivity index (χ4v) is 5.94. The number of thiocarbonyl (C=S) groups is 1. The molecule has 1 aromatic rings. The molecule has 0 aliphatic carbocycles. The molecule has 0 unspecified atom stereocenters. The number of carbonyl (C=O) groups is 2. The fraction of sp³-hybridized carbons (Fsp3) is 0.312. The Morgan fingerprint density at radius 1 is 1.14 bits per heavy atom. The first-order chi connectivity index (χ1) is 13.2. The van der Waals surface area contributed by atoms with Gasteiger partial charge in [0.2, 0.25) is 0 Å². The van der Waals surface area contributed by atoms with Crippen molar-refractivity contribution in [2.45, 2.75) is 17.7 Å². The number of benzene rings is 1. The van der Waals surface area contributed by atoms with Gasteiger partial charge in [-0.25, -0.2) is 0 Å². The van der Waals surface area contributed by atoms with Crippen LogP contribution in [0.5, 0.6) is 0 Å². The molecule has 1 amide bonds. The van der Waals surface area contributed by atoms with Crippen molar-refractivity contribution in [2.24, 2.45) is 0 Å². The van der Waals surface area contributed by atoms with E-state index >= 15 is 0 Å². The van der Waals surface area contributed by atoms with Gasteiger partial charge in [-0.3, -0.25) is 19.0 Å². The molecule has 0 saturated carbocycles. The smallest absolute Gasteiger partial charge is 0.323 e. The van der Waals surface area contributed by atoms with Crippen molar-refractivity contribution in [3.05, 3.63) is 34.2 Å². The standard InChI is InChI=1S/C16H16N2O6S4/c19-12(20)9-18-14(21)13(27-16(18)25)15-17(7-3-4-8-28(22,23)24)10-5-1-2-6-11(10)26-15/h1-2,5-6H,3-4,7-9H2,(H,19,20)(H,22,23,24)/b15-13-. The van der Waals surface area contributed by atoms with Crippen molar-refractivity contribution in [1.29, 1.82) is 0 Å². The van der Waals surface area contributed by atoms with E-state index < -0.39 is 28.5 Å². The minimum absolute atomic E-state index is 0.192. The highest BCUT2D eigenvalue weighted by molar-refractivity contribution is 8.27. The number of thioether (sulfide) groups is 2. The average molecular weight is 461 g/mol. The van der Waals surface area contributed by atoms with Gasteiger partial charge in [-0.1, -0.05) is 47.9 Å². The van der Waals surface area contributed by atoms with Crippen LogP contribution in [-0.4, -0.2) is 58.0 Å². The Bertz CT molecular complexity index is 975. The topological polar surface area (TPSA) is 115 Å². The lowest BCUT2D eigenvalue weighted by Crippen LogP contribution is -2.33. The largest absolute Gasteiger partial charge is 0.480 e. The van der Waals surface area contributed by atoms with E-state index in [0.717, 1.165) is 27.2 Å². The summed E-state index contributed by atoms with van der Waals surface area (Å²) in [5.74, 6) is -1.92. The molecule has 150 valence electrons. The first-order valence-electron chi connectivity index (χ1n) is 8.16. The molecule has 1 aromatic carbocycles. The van der Waals surface area contributed by atoms with E-state index in [1.54, 1.807) is 0 Å². The van der Waals surface area contributed by atoms with Gasteiger partial charge in [0.25, 0.3) is 16.0 Å². The Balaban J connectivity index is 1.86. The minimum atomic E-state index is -4.02. The quantitative estimate of drug-likeness (QED) is 0.272. The number of carbonyl (C=O) groups excluding carboxylic acids is 1. The normalized spacial score (nSPS) is 19.5. The van der Waals surface area contributed by atoms with Crippen LogP contribution in [0.4, 0.5) is 5.69 Å². The van der Waals surface area contributed by atoms with E-state index in [4.69, 9.17) is 21.9 Å². The molecule has 8 nitrogen and oxygen atoms in total. The molecule has 2 heterocycles. The predicted molar refractivity (Wildman–Crippen MR) is 112 cm³/mol. The monoisotopic (exact) mass is 460 g/mol. The molecule has 3 rings (SSSR count). The Kier molecular flexibility index (Phi) is 6.34. The van der Waals surface area contributed by atoms with Crippen LogP contribution in [0.2, 0.25) is 0 Å². The summed E-state index contributed by atoms with van der Waals surface area (Å²) in [6, 6.07) is 7.55. The summed E-state index contributed by atoms with van der Waals surface area (Å²) in [6.07, 6.45) is 0.753. The van der Waals surface area contributed by atoms with E-state index in [9.17, 15) is 18.0 Å². The molecule has 1 fully saturated rings. The number of carboxylic acid groups (broad SMARTS) is 1. The van der Waals surface area contributed by atoms with Gasteiger partial charge in [-0.05, 0) is 25.0 Å². The molecular weight excluding hydrogens is 444 g/mol. The van der Waals surface area contributed by atoms with E-state index in [2.05, 4.69) is 0 Å². The van der Waals surface area contributed by atoms with Crippen molar-refractivity contribution >= 4 is 67.7 Å². The number of amides is 1. The maximum Gasteiger partial charge on any atom is 0.323 e. The summed E-state index contributed by atoms with van der Waals surface area (Å²) >= 11 is 7.63. The minimum Gasteiger partial charge on any atom is -0.480 e. The highest BCUT2D eigenvalue weighted by Crippen LogP contribution is 2.50. The van der Waals surface area contributed by atoms with Gasteiger partial charge < -0.3 is 10.0 Å². The van der Waals surface area contributed by atoms with Gasteiger partial charge in [-0.15, -0.1) is 0 Å². The van der Waals surface area contributed by atoms with Crippen LogP contribution in [0.1, 0.15) is 12.8 Å². The van der Waals surface area contributed by atoms with Gasteiger partial charge in [-0.2, -0.15) is 8.42 Å². The number of carboxylic acids is 1. The third-order valence-electron chi connectivity index (χ3n) is 3.98. The van der Waals surface area contributed by atoms with Gasteiger partial charge in [0, 0.05) is 11.4 Å². The first-order valence-corrected chi connectivity index (χ1v) is 11.8. The summed E-state index contributed by atoms with van der Waals surface area (Å²) in [4.78, 5) is 28.0. The van der Waals surface area contributed by atoms with Gasteiger partial charge in [0.15, 0.2) is 0 Å². The second-order valence-corrected chi connectivity index (χ2v) is 10.2. The lowest BCUT2D eigenvalue weighted by molar-refractivity contribution is -0.140. The fourth-order valence-electron chi connectivity index (χ4n) is 2.78. The van der Waals surface area contributed by atoms with Gasteiger partial charge in [0.1, 0.15) is 20.8 Å². The molecule has 0 atom stereocenters. The maximum atomic E-state index is 12.7. The van der Waals surface area contributed by atoms with Crippen LogP contribution >= 0.6 is 35.7 Å². The Labute approximate surface area is 175 Å². The molecule has 2 N–H and O–H groups in total. The number of unbranched alkanes of at least 4 members (excludes halogenated alkanes) is 1. The van der Waals surface area contributed by atoms with E-state index in [-0.39, 0.29) is 16.5 Å². The van der Waals surface area contributed by atoms with Crippen LogP contribution in [0.3, 0.4) is 0 Å².